The number of carbonyl (C=O) groups excluding carboxylic acids is 2. The van der Waals surface area contributed by atoms with Crippen molar-refractivity contribution in [1.29, 1.82) is 0 Å². The van der Waals surface area contributed by atoms with Crippen molar-refractivity contribution in [1.82, 2.24) is 9.47 Å². The Morgan fingerprint density at radius 2 is 1.77 bits per heavy atom. The molecule has 2 amide bonds. The minimum absolute atomic E-state index is 0.0203. The number of nitrogens with one attached hydrogen (secondary N) is 1. The van der Waals surface area contributed by atoms with Gasteiger partial charge in [0.05, 0.1) is 4.90 Å². The number of aromatic nitrogens is 1. The number of nitrogens with zero attached hydrogens (tertiary/aromatic N) is 2. The summed E-state index contributed by atoms with van der Waals surface area (Å²) in [6.07, 6.45) is 1.44. The van der Waals surface area contributed by atoms with E-state index in [0.717, 1.165) is 0 Å². The second kappa shape index (κ2) is 9.53. The van der Waals surface area contributed by atoms with Crippen molar-refractivity contribution in [2.75, 3.05) is 24.2 Å². The summed E-state index contributed by atoms with van der Waals surface area (Å²) in [6, 6.07) is 13.4. The highest BCUT2D eigenvalue weighted by molar-refractivity contribution is 7.92. The number of benzene rings is 2. The highest BCUT2D eigenvalue weighted by Crippen LogP contribution is 2.27. The zero-order valence-corrected chi connectivity index (χ0v) is 18.9. The van der Waals surface area contributed by atoms with Gasteiger partial charge in [0.25, 0.3) is 0 Å². The van der Waals surface area contributed by atoms with Crippen LogP contribution in [0.15, 0.2) is 59.6 Å². The van der Waals surface area contributed by atoms with Gasteiger partial charge in [-0.25, -0.2) is 8.42 Å². The van der Waals surface area contributed by atoms with Gasteiger partial charge in [-0.15, -0.1) is 0 Å². The van der Waals surface area contributed by atoms with Crippen LogP contribution in [0.5, 0.6) is 0 Å². The lowest BCUT2D eigenvalue weighted by atomic mass is 10.2. The molecule has 0 fully saturated rings. The Balaban J connectivity index is 1.88. The summed E-state index contributed by atoms with van der Waals surface area (Å²) >= 11 is 5.91. The highest BCUT2D eigenvalue weighted by atomic mass is 35.5. The number of sulfone groups is 1. The first-order valence-electron chi connectivity index (χ1n) is 9.89. The number of carbonyl (C=O) groups is 2. The van der Waals surface area contributed by atoms with Crippen LogP contribution in [0.2, 0.25) is 5.02 Å². The smallest absolute Gasteiger partial charge is 0.242 e. The molecule has 0 aliphatic carbocycles. The van der Waals surface area contributed by atoms with E-state index in [1.165, 1.54) is 12.3 Å². The zero-order chi connectivity index (χ0) is 22.6. The van der Waals surface area contributed by atoms with Gasteiger partial charge in [0.2, 0.25) is 11.8 Å². The number of anilines is 1. The van der Waals surface area contributed by atoms with Gasteiger partial charge in [-0.05, 0) is 38.1 Å². The molecular weight excluding hydrogens is 438 g/mol. The molecule has 0 bridgehead atoms. The van der Waals surface area contributed by atoms with E-state index in [-0.39, 0.29) is 17.3 Å². The molecule has 1 aromatic heterocycles. The van der Waals surface area contributed by atoms with Crippen LogP contribution in [0.4, 0.5) is 5.69 Å². The summed E-state index contributed by atoms with van der Waals surface area (Å²) < 4.78 is 27.7. The molecule has 0 saturated carbocycles. The molecule has 0 unspecified atom stereocenters. The van der Waals surface area contributed by atoms with E-state index in [1.54, 1.807) is 51.9 Å². The van der Waals surface area contributed by atoms with E-state index >= 15 is 0 Å². The average Bonchev–Trinajstić information content (AvgIpc) is 3.08. The fourth-order valence-electron chi connectivity index (χ4n) is 3.43. The van der Waals surface area contributed by atoms with Crippen molar-refractivity contribution in [3.05, 3.63) is 59.8 Å². The van der Waals surface area contributed by atoms with E-state index in [2.05, 4.69) is 5.32 Å². The minimum Gasteiger partial charge on any atom is -0.342 e. The normalized spacial score (nSPS) is 11.5. The number of para-hydroxylation sites is 1. The maximum Gasteiger partial charge on any atom is 0.242 e. The second-order valence-corrected chi connectivity index (χ2v) is 9.42. The number of fused-ring (bicyclic) bond motifs is 1. The van der Waals surface area contributed by atoms with E-state index in [9.17, 15) is 18.0 Å². The van der Waals surface area contributed by atoms with Crippen LogP contribution < -0.4 is 5.32 Å². The Kier molecular flexibility index (Phi) is 7.02. The molecule has 0 aliphatic rings. The van der Waals surface area contributed by atoms with Gasteiger partial charge in [-0.3, -0.25) is 9.59 Å². The van der Waals surface area contributed by atoms with Gasteiger partial charge < -0.3 is 14.8 Å². The largest absolute Gasteiger partial charge is 0.342 e. The number of halogens is 1. The van der Waals surface area contributed by atoms with E-state index < -0.39 is 21.5 Å². The average molecular weight is 462 g/mol. The maximum absolute atomic E-state index is 13.1. The van der Waals surface area contributed by atoms with Crippen LogP contribution in [0, 0.1) is 0 Å². The van der Waals surface area contributed by atoms with Gasteiger partial charge in [-0.1, -0.05) is 35.9 Å². The fourth-order valence-corrected chi connectivity index (χ4v) is 4.99. The van der Waals surface area contributed by atoms with Gasteiger partial charge in [0, 0.05) is 40.9 Å². The number of hydrogen-bond donors (Lipinski definition) is 1. The van der Waals surface area contributed by atoms with Crippen LogP contribution in [0.3, 0.4) is 0 Å². The number of hydrogen-bond acceptors (Lipinski definition) is 4. The predicted octanol–water partition coefficient (Wildman–Crippen LogP) is 3.58. The van der Waals surface area contributed by atoms with Gasteiger partial charge in [0.1, 0.15) is 12.3 Å². The van der Waals surface area contributed by atoms with E-state index in [0.29, 0.717) is 34.7 Å². The zero-order valence-electron chi connectivity index (χ0n) is 17.3. The van der Waals surface area contributed by atoms with Crippen LogP contribution in [0.1, 0.15) is 13.8 Å². The number of likely N-dealkylation sites (N-methyl/N-ethyl adjacent to an activating group) is 1. The summed E-state index contributed by atoms with van der Waals surface area (Å²) in [5.41, 5.74) is 1.04. The fraction of sp³-hybridized carbons (Fsp3) is 0.273. The minimum atomic E-state index is -3.95. The SMILES string of the molecule is CCN(CC)C(=O)Cn1cc(S(=O)(=O)CC(=O)Nc2cccc(Cl)c2)c2ccccc21. The lowest BCUT2D eigenvalue weighted by Gasteiger charge is -2.19. The Labute approximate surface area is 186 Å². The molecule has 1 N–H and O–H groups in total. The van der Waals surface area contributed by atoms with Crippen LogP contribution in [0.25, 0.3) is 10.9 Å². The summed E-state index contributed by atoms with van der Waals surface area (Å²) in [5.74, 6) is -1.50. The molecule has 3 aromatic rings. The Morgan fingerprint density at radius 3 is 2.45 bits per heavy atom. The molecule has 31 heavy (non-hydrogen) atoms. The molecule has 0 spiro atoms. The van der Waals surface area contributed by atoms with Gasteiger partial charge in [-0.2, -0.15) is 0 Å². The van der Waals surface area contributed by atoms with Crippen LogP contribution in [-0.2, 0) is 26.0 Å². The highest BCUT2D eigenvalue weighted by Gasteiger charge is 2.25. The van der Waals surface area contributed by atoms with Crippen molar-refractivity contribution < 1.29 is 18.0 Å². The summed E-state index contributed by atoms with van der Waals surface area (Å²) in [7, 11) is -3.95. The third kappa shape index (κ3) is 5.26. The van der Waals surface area contributed by atoms with Crippen LogP contribution >= 0.6 is 11.6 Å². The molecular formula is C22H24ClN3O4S. The molecule has 0 atom stereocenters. The maximum atomic E-state index is 13.1. The molecule has 164 valence electrons. The topological polar surface area (TPSA) is 88.5 Å². The monoisotopic (exact) mass is 461 g/mol. The first-order chi connectivity index (χ1) is 14.7. The lowest BCUT2D eigenvalue weighted by Crippen LogP contribution is -2.33. The van der Waals surface area contributed by atoms with Crippen molar-refractivity contribution in [2.45, 2.75) is 25.3 Å². The Morgan fingerprint density at radius 1 is 1.06 bits per heavy atom. The van der Waals surface area contributed by atoms with Crippen molar-refractivity contribution in [3.63, 3.8) is 0 Å². The Bertz CT molecular complexity index is 1220. The standard InChI is InChI=1S/C22H24ClN3O4S/c1-3-25(4-2)22(28)14-26-13-20(18-10-5-6-11-19(18)26)31(29,30)15-21(27)24-17-9-7-8-16(23)12-17/h5-13H,3-4,14-15H2,1-2H3,(H,24,27). The summed E-state index contributed by atoms with van der Waals surface area (Å²) in [6.45, 7) is 4.95. The molecule has 0 saturated heterocycles. The van der Waals surface area contributed by atoms with Crippen molar-refractivity contribution in [3.8, 4) is 0 Å². The van der Waals surface area contributed by atoms with Crippen LogP contribution in [-0.4, -0.2) is 48.5 Å². The molecule has 9 heteroatoms. The third-order valence-electron chi connectivity index (χ3n) is 4.94. The first kappa shape index (κ1) is 22.8. The van der Waals surface area contributed by atoms with Gasteiger partial charge >= 0.3 is 0 Å². The Hall–Kier alpha value is -2.84. The lowest BCUT2D eigenvalue weighted by molar-refractivity contribution is -0.131. The molecule has 2 aromatic carbocycles. The third-order valence-corrected chi connectivity index (χ3v) is 6.81. The first-order valence-corrected chi connectivity index (χ1v) is 11.9. The van der Waals surface area contributed by atoms with E-state index in [4.69, 9.17) is 11.6 Å². The number of rotatable bonds is 8. The number of amides is 2. The molecule has 7 nitrogen and oxygen atoms in total. The molecule has 1 heterocycles. The summed E-state index contributed by atoms with van der Waals surface area (Å²) in [4.78, 5) is 26.7. The molecule has 3 rings (SSSR count). The van der Waals surface area contributed by atoms with Crippen molar-refractivity contribution in [2.24, 2.45) is 0 Å². The van der Waals surface area contributed by atoms with E-state index in [1.807, 2.05) is 13.8 Å². The van der Waals surface area contributed by atoms with Gasteiger partial charge in [0.15, 0.2) is 9.84 Å². The predicted molar refractivity (Wildman–Crippen MR) is 122 cm³/mol. The molecule has 0 aliphatic heterocycles. The quantitative estimate of drug-likeness (QED) is 0.555. The van der Waals surface area contributed by atoms with Crippen molar-refractivity contribution >= 4 is 49.8 Å². The summed E-state index contributed by atoms with van der Waals surface area (Å²) in [5, 5.41) is 3.46. The molecule has 0 radical (unpaired) electrons. The second-order valence-electron chi connectivity index (χ2n) is 7.02.